The van der Waals surface area contributed by atoms with E-state index < -0.39 is 62.6 Å². The summed E-state index contributed by atoms with van der Waals surface area (Å²) in [6.07, 6.45) is -2.52. The number of nitrogens with zero attached hydrogens (tertiary/aromatic N) is 5. The number of fused-ring (bicyclic) bond motifs is 1. The number of ether oxygens (including phenoxy) is 7. The zero-order chi connectivity index (χ0) is 51.0. The summed E-state index contributed by atoms with van der Waals surface area (Å²) in [5.74, 6) is 0.396. The summed E-state index contributed by atoms with van der Waals surface area (Å²) >= 11 is 0. The van der Waals surface area contributed by atoms with Crippen LogP contribution in [0.3, 0.4) is 0 Å². The van der Waals surface area contributed by atoms with Crippen LogP contribution in [0.4, 0.5) is 5.82 Å². The van der Waals surface area contributed by atoms with Crippen LogP contribution in [-0.4, -0.2) is 88.9 Å². The van der Waals surface area contributed by atoms with Crippen molar-refractivity contribution in [1.29, 1.82) is 0 Å². The second-order valence-electron chi connectivity index (χ2n) is 16.5. The molecular weight excluding hydrogens is 960 g/mol. The van der Waals surface area contributed by atoms with E-state index in [9.17, 15) is 24.3 Å². The number of esters is 1. The van der Waals surface area contributed by atoms with E-state index in [1.807, 2.05) is 78.9 Å². The van der Waals surface area contributed by atoms with Crippen molar-refractivity contribution in [1.82, 2.24) is 19.5 Å². The summed E-state index contributed by atoms with van der Waals surface area (Å²) in [4.78, 5) is 52.4. The summed E-state index contributed by atoms with van der Waals surface area (Å²) < 4.78 is 64.6. The molecule has 0 bridgehead atoms. The maximum absolute atomic E-state index is 14.2. The molecule has 9 rings (SSSR count). The number of rotatable bonds is 20. The minimum absolute atomic E-state index is 0.0158. The van der Waals surface area contributed by atoms with Gasteiger partial charge in [-0.05, 0) is 65.2 Å². The molecule has 1 aliphatic heterocycles. The first-order valence-electron chi connectivity index (χ1n) is 22.8. The zero-order valence-corrected chi connectivity index (χ0v) is 40.5. The lowest BCUT2D eigenvalue weighted by molar-refractivity contribution is -0.616. The molecule has 1 amide bonds. The fraction of sp³-hybridized carbons (Fsp3) is 0.208. The van der Waals surface area contributed by atoms with E-state index in [1.165, 1.54) is 42.7 Å². The van der Waals surface area contributed by atoms with Crippen molar-refractivity contribution in [2.24, 2.45) is 0 Å². The molecule has 5 aromatic carbocycles. The normalized spacial score (nSPS) is 17.4. The maximum Gasteiger partial charge on any atom is 0.354 e. The van der Waals surface area contributed by atoms with Gasteiger partial charge in [0.05, 0.1) is 45.9 Å². The van der Waals surface area contributed by atoms with Crippen LogP contribution >= 0.6 is 7.60 Å². The van der Waals surface area contributed by atoms with Crippen LogP contribution in [0, 0.1) is 5.21 Å². The second kappa shape index (κ2) is 22.2. The quantitative estimate of drug-likeness (QED) is 0.0246. The minimum Gasteiger partial charge on any atom is -0.618 e. The van der Waals surface area contributed by atoms with Gasteiger partial charge in [0.25, 0.3) is 5.91 Å². The van der Waals surface area contributed by atoms with Gasteiger partial charge in [0.15, 0.2) is 35.5 Å². The van der Waals surface area contributed by atoms with Crippen molar-refractivity contribution in [2.45, 2.75) is 36.7 Å². The number of carbonyl (C=O) groups excluding carboxylic acids is 2. The van der Waals surface area contributed by atoms with Crippen molar-refractivity contribution in [3.05, 3.63) is 209 Å². The Labute approximate surface area is 418 Å². The number of amides is 1. The topological polar surface area (TPSA) is 228 Å². The molecule has 3 aromatic heterocycles. The highest BCUT2D eigenvalue weighted by Gasteiger charge is 2.52. The smallest absolute Gasteiger partial charge is 0.354 e. The number of anilines is 1. The summed E-state index contributed by atoms with van der Waals surface area (Å²) in [6.45, 7) is -0.896. The highest BCUT2D eigenvalue weighted by molar-refractivity contribution is 7.52. The number of hydrogen-bond donors (Lipinski definition) is 2. The third kappa shape index (κ3) is 10.9. The van der Waals surface area contributed by atoms with Gasteiger partial charge in [0.1, 0.15) is 54.3 Å². The van der Waals surface area contributed by atoms with Gasteiger partial charge >= 0.3 is 13.6 Å². The Morgan fingerprint density at radius 1 is 0.753 bits per heavy atom. The Bertz CT molecular complexity index is 3160. The van der Waals surface area contributed by atoms with Gasteiger partial charge in [-0.15, -0.1) is 0 Å². The monoisotopic (exact) mass is 1010 g/mol. The Kier molecular flexibility index (Phi) is 15.2. The average Bonchev–Trinajstić information content (AvgIpc) is 4.02. The van der Waals surface area contributed by atoms with E-state index in [1.54, 1.807) is 74.9 Å². The third-order valence-corrected chi connectivity index (χ3v) is 13.1. The molecule has 19 nitrogen and oxygen atoms in total. The Hall–Kier alpha value is -8.03. The lowest BCUT2D eigenvalue weighted by atomic mass is 9.80. The fourth-order valence-electron chi connectivity index (χ4n) is 8.46. The van der Waals surface area contributed by atoms with Gasteiger partial charge in [0, 0.05) is 11.6 Å². The average molecular weight is 1010 g/mol. The minimum atomic E-state index is -4.73. The van der Waals surface area contributed by atoms with Gasteiger partial charge < -0.3 is 48.6 Å². The van der Waals surface area contributed by atoms with Crippen molar-refractivity contribution < 1.29 is 61.5 Å². The fourth-order valence-corrected chi connectivity index (χ4v) is 9.23. The summed E-state index contributed by atoms with van der Waals surface area (Å²) in [6, 6.07) is 43.9. The third-order valence-electron chi connectivity index (χ3n) is 12.1. The molecule has 1 unspecified atom stereocenters. The lowest BCUT2D eigenvalue weighted by Crippen LogP contribution is -2.42. The molecule has 4 heterocycles. The SMILES string of the molecule is COc1ccc(C(OC[C@H]2O[C@@H](n3cnc4c(NC(=O)c5ccccc5)ncnc43)[C@@H](OCP(=O)(O)OCc3cc(OC)cc[n+]3[O-])[C@@H]2OC(=O)c2ccccc2)(c2ccccc2)c2ccc(OC)cc2)cc1. The molecule has 1 fully saturated rings. The zero-order valence-electron chi connectivity index (χ0n) is 39.6. The summed E-state index contributed by atoms with van der Waals surface area (Å²) in [5, 5.41) is 15.4. The molecule has 0 radical (unpaired) electrons. The molecule has 0 saturated carbocycles. The number of pyridine rings is 1. The Balaban J connectivity index is 1.13. The number of hydrogen-bond acceptors (Lipinski definition) is 15. The molecule has 20 heteroatoms. The Morgan fingerprint density at radius 3 is 1.96 bits per heavy atom. The van der Waals surface area contributed by atoms with Crippen LogP contribution in [-0.2, 0) is 40.2 Å². The van der Waals surface area contributed by atoms with Gasteiger partial charge in [-0.2, -0.15) is 4.73 Å². The molecular formula is C53H49N6O13P. The van der Waals surface area contributed by atoms with Crippen LogP contribution in [0.5, 0.6) is 17.2 Å². The van der Waals surface area contributed by atoms with Crippen LogP contribution in [0.1, 0.15) is 49.3 Å². The van der Waals surface area contributed by atoms with E-state index in [0.29, 0.717) is 38.7 Å². The molecule has 0 aliphatic carbocycles. The molecule has 1 aliphatic rings. The molecule has 374 valence electrons. The van der Waals surface area contributed by atoms with E-state index in [-0.39, 0.29) is 34.8 Å². The number of aromatic nitrogens is 5. The van der Waals surface area contributed by atoms with Crippen LogP contribution < -0.4 is 24.3 Å². The molecule has 73 heavy (non-hydrogen) atoms. The van der Waals surface area contributed by atoms with E-state index in [0.717, 1.165) is 5.56 Å². The maximum atomic E-state index is 14.2. The van der Waals surface area contributed by atoms with Crippen molar-refractivity contribution in [3.63, 3.8) is 0 Å². The number of methoxy groups -OCH3 is 3. The van der Waals surface area contributed by atoms with Crippen LogP contribution in [0.2, 0.25) is 0 Å². The van der Waals surface area contributed by atoms with Crippen molar-refractivity contribution in [3.8, 4) is 17.2 Å². The van der Waals surface area contributed by atoms with Crippen molar-refractivity contribution >= 4 is 36.5 Å². The summed E-state index contributed by atoms with van der Waals surface area (Å²) in [7, 11) is -0.175. The Morgan fingerprint density at radius 2 is 1.34 bits per heavy atom. The second-order valence-corrected chi connectivity index (χ2v) is 18.3. The van der Waals surface area contributed by atoms with Crippen LogP contribution in [0.25, 0.3) is 11.2 Å². The number of carbonyl (C=O) groups is 2. The highest BCUT2D eigenvalue weighted by Crippen LogP contribution is 2.47. The number of imidazole rings is 1. The number of nitrogens with one attached hydrogen (secondary N) is 1. The largest absolute Gasteiger partial charge is 0.618 e. The van der Waals surface area contributed by atoms with Crippen molar-refractivity contribution in [2.75, 3.05) is 39.6 Å². The van der Waals surface area contributed by atoms with Gasteiger partial charge in [0.2, 0.25) is 5.69 Å². The van der Waals surface area contributed by atoms with E-state index in [2.05, 4.69) is 20.3 Å². The molecule has 0 spiro atoms. The van der Waals surface area contributed by atoms with E-state index in [4.69, 9.17) is 37.7 Å². The van der Waals surface area contributed by atoms with Gasteiger partial charge in [-0.1, -0.05) is 91.0 Å². The predicted octanol–water partition coefficient (Wildman–Crippen LogP) is 7.61. The molecule has 1 saturated heterocycles. The molecule has 8 aromatic rings. The standard InChI is InChI=1S/C53H49N6O13P/c1-65-41-23-19-38(20-24-41)53(37-17-11-6-12-18-37,39-21-25-42(66-2)26-22-39)69-31-44-46(72-52(61)36-15-9-5-10-16-36)47(68-34-73(63,64)70-30-40-29-43(67-3)27-28-59(40)62)51(71-44)58-33-56-45-48(54-32-55-49(45)58)57-50(60)35-13-7-4-8-14-35/h4-29,32-33,44,46-47,51H,30-31,34H2,1-3H3,(H,63,64)(H,54,55,57,60)/t44-,46-,47+,51-/m1/s1. The van der Waals surface area contributed by atoms with Gasteiger partial charge in [-0.3, -0.25) is 18.5 Å². The van der Waals surface area contributed by atoms with Gasteiger partial charge in [-0.25, -0.2) is 19.7 Å². The summed E-state index contributed by atoms with van der Waals surface area (Å²) in [5.41, 5.74) is 1.60. The predicted molar refractivity (Wildman–Crippen MR) is 264 cm³/mol. The van der Waals surface area contributed by atoms with Crippen LogP contribution in [0.15, 0.2) is 171 Å². The molecule has 5 atom stereocenters. The number of benzene rings is 5. The first kappa shape index (κ1) is 49.9. The molecule has 2 N–H and O–H groups in total. The first-order valence-corrected chi connectivity index (χ1v) is 24.5. The first-order chi connectivity index (χ1) is 35.5. The lowest BCUT2D eigenvalue weighted by Gasteiger charge is -2.37. The highest BCUT2D eigenvalue weighted by atomic mass is 31.2. The van der Waals surface area contributed by atoms with E-state index >= 15 is 0 Å².